The van der Waals surface area contributed by atoms with Crippen LogP contribution in [0.15, 0.2) is 36.0 Å². The highest BCUT2D eigenvalue weighted by molar-refractivity contribution is 7.09. The van der Waals surface area contributed by atoms with Crippen LogP contribution in [0.25, 0.3) is 0 Å². The molecule has 2 aromatic heterocycles. The molecular formula is C17H22N4OS. The van der Waals surface area contributed by atoms with E-state index < -0.39 is 0 Å². The Balaban J connectivity index is 1.46. The lowest BCUT2D eigenvalue weighted by Crippen LogP contribution is -2.40. The van der Waals surface area contributed by atoms with Crippen LogP contribution in [-0.4, -0.2) is 54.3 Å². The van der Waals surface area contributed by atoms with Crippen molar-refractivity contribution in [2.24, 2.45) is 5.41 Å². The number of ether oxygens (including phenoxy) is 1. The molecule has 0 amide bonds. The zero-order valence-electron chi connectivity index (χ0n) is 13.2. The van der Waals surface area contributed by atoms with Gasteiger partial charge in [-0.1, -0.05) is 6.07 Å². The summed E-state index contributed by atoms with van der Waals surface area (Å²) in [5.41, 5.74) is 0.201. The summed E-state index contributed by atoms with van der Waals surface area (Å²) >= 11 is 1.84. The lowest BCUT2D eigenvalue weighted by Gasteiger charge is -2.31. The van der Waals surface area contributed by atoms with Gasteiger partial charge in [0.1, 0.15) is 0 Å². The van der Waals surface area contributed by atoms with E-state index in [1.807, 2.05) is 29.8 Å². The molecule has 0 aliphatic carbocycles. The highest BCUT2D eigenvalue weighted by atomic mass is 32.1. The number of rotatable bonds is 3. The molecule has 2 saturated heterocycles. The molecule has 6 heteroatoms. The molecule has 23 heavy (non-hydrogen) atoms. The number of anilines is 1. The van der Waals surface area contributed by atoms with E-state index in [1.165, 1.54) is 4.88 Å². The molecule has 122 valence electrons. The Morgan fingerprint density at radius 3 is 2.91 bits per heavy atom. The largest absolute Gasteiger partial charge is 0.379 e. The van der Waals surface area contributed by atoms with Gasteiger partial charge in [-0.05, 0) is 23.9 Å². The molecule has 2 fully saturated rings. The van der Waals surface area contributed by atoms with Gasteiger partial charge in [0.2, 0.25) is 5.95 Å². The van der Waals surface area contributed by atoms with Crippen molar-refractivity contribution in [2.45, 2.75) is 13.0 Å². The molecule has 0 radical (unpaired) electrons. The first-order valence-corrected chi connectivity index (χ1v) is 9.05. The van der Waals surface area contributed by atoms with Gasteiger partial charge in [-0.25, -0.2) is 9.97 Å². The van der Waals surface area contributed by atoms with E-state index in [-0.39, 0.29) is 5.41 Å². The van der Waals surface area contributed by atoms with Gasteiger partial charge in [0.25, 0.3) is 0 Å². The van der Waals surface area contributed by atoms with E-state index in [0.29, 0.717) is 0 Å². The van der Waals surface area contributed by atoms with Gasteiger partial charge in [-0.15, -0.1) is 11.3 Å². The average molecular weight is 330 g/mol. The topological polar surface area (TPSA) is 41.5 Å². The molecule has 4 rings (SSSR count). The Morgan fingerprint density at radius 1 is 1.17 bits per heavy atom. The van der Waals surface area contributed by atoms with Crippen molar-refractivity contribution in [3.63, 3.8) is 0 Å². The number of aromatic nitrogens is 2. The van der Waals surface area contributed by atoms with Crippen molar-refractivity contribution in [2.75, 3.05) is 44.3 Å². The second-order valence-corrected chi connectivity index (χ2v) is 7.60. The molecule has 0 bridgehead atoms. The van der Waals surface area contributed by atoms with Crippen molar-refractivity contribution in [1.82, 2.24) is 14.9 Å². The molecule has 0 N–H and O–H groups in total. The van der Waals surface area contributed by atoms with Crippen LogP contribution in [-0.2, 0) is 11.3 Å². The van der Waals surface area contributed by atoms with Gasteiger partial charge in [0.15, 0.2) is 0 Å². The SMILES string of the molecule is c1cnc(N2CC[C@@]3(COCCN(Cc4cccs4)C3)C2)nc1. The van der Waals surface area contributed by atoms with E-state index in [1.54, 1.807) is 0 Å². The standard InChI is InChI=1S/C17H22N4OS/c1-3-15(23-10-1)11-20-8-9-22-14-17(12-20)4-7-21(13-17)16-18-5-2-6-19-16/h1-3,5-6,10H,4,7-9,11-14H2/t17-/m0/s1. The third kappa shape index (κ3) is 3.39. The van der Waals surface area contributed by atoms with Crippen LogP contribution in [0.5, 0.6) is 0 Å². The second kappa shape index (κ2) is 6.55. The molecule has 0 saturated carbocycles. The van der Waals surface area contributed by atoms with E-state index >= 15 is 0 Å². The predicted octanol–water partition coefficient (Wildman–Crippen LogP) is 2.27. The van der Waals surface area contributed by atoms with Crippen molar-refractivity contribution in [3.8, 4) is 0 Å². The van der Waals surface area contributed by atoms with Gasteiger partial charge < -0.3 is 9.64 Å². The quantitative estimate of drug-likeness (QED) is 0.863. The molecule has 1 atom stereocenters. The first-order valence-electron chi connectivity index (χ1n) is 8.18. The number of hydrogen-bond donors (Lipinski definition) is 0. The molecule has 0 unspecified atom stereocenters. The van der Waals surface area contributed by atoms with E-state index in [2.05, 4.69) is 37.3 Å². The molecule has 2 aliphatic rings. The molecule has 2 aromatic rings. The molecule has 2 aliphatic heterocycles. The molecule has 1 spiro atoms. The number of thiophene rings is 1. The monoisotopic (exact) mass is 330 g/mol. The molecule has 0 aromatic carbocycles. The Morgan fingerprint density at radius 2 is 2.09 bits per heavy atom. The summed E-state index contributed by atoms with van der Waals surface area (Å²) in [5.74, 6) is 0.846. The maximum absolute atomic E-state index is 5.96. The third-order valence-electron chi connectivity index (χ3n) is 4.75. The Hall–Kier alpha value is -1.50. The van der Waals surface area contributed by atoms with E-state index in [4.69, 9.17) is 4.74 Å². The van der Waals surface area contributed by atoms with Gasteiger partial charge >= 0.3 is 0 Å². The highest BCUT2D eigenvalue weighted by Gasteiger charge is 2.41. The molecule has 4 heterocycles. The second-order valence-electron chi connectivity index (χ2n) is 6.56. The van der Waals surface area contributed by atoms with Crippen LogP contribution >= 0.6 is 11.3 Å². The van der Waals surface area contributed by atoms with Crippen LogP contribution < -0.4 is 4.90 Å². The van der Waals surface area contributed by atoms with Crippen molar-refractivity contribution >= 4 is 17.3 Å². The lowest BCUT2D eigenvalue weighted by molar-refractivity contribution is 0.0798. The van der Waals surface area contributed by atoms with Gasteiger partial charge in [0.05, 0.1) is 13.2 Å². The predicted molar refractivity (Wildman–Crippen MR) is 91.7 cm³/mol. The first kappa shape index (κ1) is 15.1. The summed E-state index contributed by atoms with van der Waals surface area (Å²) in [6.07, 6.45) is 4.78. The van der Waals surface area contributed by atoms with Crippen LogP contribution in [0, 0.1) is 5.41 Å². The van der Waals surface area contributed by atoms with Crippen LogP contribution in [0.2, 0.25) is 0 Å². The zero-order valence-corrected chi connectivity index (χ0v) is 14.0. The smallest absolute Gasteiger partial charge is 0.225 e. The average Bonchev–Trinajstić information content (AvgIpc) is 3.18. The maximum atomic E-state index is 5.96. The Kier molecular flexibility index (Phi) is 4.29. The Bertz CT molecular complexity index is 621. The van der Waals surface area contributed by atoms with Crippen molar-refractivity contribution in [3.05, 3.63) is 40.8 Å². The lowest BCUT2D eigenvalue weighted by atomic mass is 9.87. The van der Waals surface area contributed by atoms with Crippen molar-refractivity contribution in [1.29, 1.82) is 0 Å². The summed E-state index contributed by atoms with van der Waals surface area (Å²) in [5, 5.41) is 2.16. The molecule has 5 nitrogen and oxygen atoms in total. The summed E-state index contributed by atoms with van der Waals surface area (Å²) < 4.78 is 5.96. The van der Waals surface area contributed by atoms with Crippen molar-refractivity contribution < 1.29 is 4.74 Å². The third-order valence-corrected chi connectivity index (χ3v) is 5.61. The van der Waals surface area contributed by atoms with Crippen LogP contribution in [0.1, 0.15) is 11.3 Å². The van der Waals surface area contributed by atoms with Gasteiger partial charge in [0, 0.05) is 55.4 Å². The minimum absolute atomic E-state index is 0.201. The maximum Gasteiger partial charge on any atom is 0.225 e. The number of hydrogen-bond acceptors (Lipinski definition) is 6. The molecular weight excluding hydrogens is 308 g/mol. The summed E-state index contributed by atoms with van der Waals surface area (Å²) in [7, 11) is 0. The van der Waals surface area contributed by atoms with Crippen LogP contribution in [0.4, 0.5) is 5.95 Å². The fourth-order valence-electron chi connectivity index (χ4n) is 3.65. The van der Waals surface area contributed by atoms with Gasteiger partial charge in [-0.2, -0.15) is 0 Å². The fraction of sp³-hybridized carbons (Fsp3) is 0.529. The Labute approximate surface area is 140 Å². The summed E-state index contributed by atoms with van der Waals surface area (Å²) in [4.78, 5) is 15.1. The van der Waals surface area contributed by atoms with E-state index in [0.717, 1.165) is 58.3 Å². The summed E-state index contributed by atoms with van der Waals surface area (Å²) in [6.45, 7) is 6.81. The first-order chi connectivity index (χ1) is 11.3. The van der Waals surface area contributed by atoms with E-state index in [9.17, 15) is 0 Å². The minimum Gasteiger partial charge on any atom is -0.379 e. The highest BCUT2D eigenvalue weighted by Crippen LogP contribution is 2.35. The minimum atomic E-state index is 0.201. The normalized spacial score (nSPS) is 25.8. The van der Waals surface area contributed by atoms with Crippen LogP contribution in [0.3, 0.4) is 0 Å². The summed E-state index contributed by atoms with van der Waals surface area (Å²) in [6, 6.07) is 6.23. The zero-order chi connectivity index (χ0) is 15.5. The van der Waals surface area contributed by atoms with Gasteiger partial charge in [-0.3, -0.25) is 4.90 Å². The fourth-order valence-corrected chi connectivity index (χ4v) is 4.39. The number of nitrogens with zero attached hydrogens (tertiary/aromatic N) is 4.